The largest absolute Gasteiger partial charge is 0.493 e. The van der Waals surface area contributed by atoms with Crippen LogP contribution in [0.25, 0.3) is 0 Å². The van der Waals surface area contributed by atoms with Crippen molar-refractivity contribution in [1.82, 2.24) is 9.80 Å². The van der Waals surface area contributed by atoms with Gasteiger partial charge in [-0.25, -0.2) is 0 Å². The summed E-state index contributed by atoms with van der Waals surface area (Å²) >= 11 is 0. The number of ether oxygens (including phenoxy) is 1. The number of nitrogens with zero attached hydrogens (tertiary/aromatic N) is 2. The van der Waals surface area contributed by atoms with Gasteiger partial charge in [0.15, 0.2) is 0 Å². The van der Waals surface area contributed by atoms with Crippen molar-refractivity contribution in [1.29, 1.82) is 0 Å². The van der Waals surface area contributed by atoms with Crippen molar-refractivity contribution < 1.29 is 9.53 Å². The van der Waals surface area contributed by atoms with E-state index in [9.17, 15) is 4.79 Å². The maximum atomic E-state index is 13.0. The Morgan fingerprint density at radius 1 is 0.839 bits per heavy atom. The molecule has 0 N–H and O–H groups in total. The maximum Gasteiger partial charge on any atom is 0.227 e. The number of amides is 1. The van der Waals surface area contributed by atoms with E-state index in [1.807, 2.05) is 17.0 Å². The molecule has 5 rings (SSSR count). The zero-order valence-corrected chi connectivity index (χ0v) is 17.7. The number of benzene rings is 3. The van der Waals surface area contributed by atoms with Crippen LogP contribution in [0.15, 0.2) is 78.9 Å². The highest BCUT2D eigenvalue weighted by Crippen LogP contribution is 2.30. The van der Waals surface area contributed by atoms with Crippen LogP contribution in [-0.4, -0.2) is 48.5 Å². The van der Waals surface area contributed by atoms with Crippen LogP contribution in [0.3, 0.4) is 0 Å². The minimum absolute atomic E-state index is 0.217. The van der Waals surface area contributed by atoms with Gasteiger partial charge in [0.1, 0.15) is 5.75 Å². The van der Waals surface area contributed by atoms with Crippen LogP contribution in [0.1, 0.15) is 28.3 Å². The fourth-order valence-corrected chi connectivity index (χ4v) is 4.75. The lowest BCUT2D eigenvalue weighted by atomic mass is 9.96. The molecule has 1 amide bonds. The average Bonchev–Trinajstić information content (AvgIpc) is 3.29. The van der Waals surface area contributed by atoms with Gasteiger partial charge < -0.3 is 9.64 Å². The van der Waals surface area contributed by atoms with Crippen molar-refractivity contribution in [2.24, 2.45) is 0 Å². The maximum absolute atomic E-state index is 13.0. The smallest absolute Gasteiger partial charge is 0.227 e. The molecule has 0 saturated carbocycles. The highest BCUT2D eigenvalue weighted by Gasteiger charge is 2.28. The molecule has 2 heterocycles. The topological polar surface area (TPSA) is 32.8 Å². The third kappa shape index (κ3) is 4.35. The Kier molecular flexibility index (Phi) is 5.72. The molecule has 4 nitrogen and oxygen atoms in total. The number of rotatable bonds is 5. The number of carbonyl (C=O) groups is 1. The van der Waals surface area contributed by atoms with E-state index < -0.39 is 0 Å². The predicted octanol–water partition coefficient (Wildman–Crippen LogP) is 4.10. The van der Waals surface area contributed by atoms with Crippen LogP contribution in [0.5, 0.6) is 5.75 Å². The van der Waals surface area contributed by atoms with E-state index in [4.69, 9.17) is 4.74 Å². The van der Waals surface area contributed by atoms with Crippen LogP contribution in [-0.2, 0) is 17.6 Å². The first-order valence-corrected chi connectivity index (χ1v) is 11.1. The molecule has 0 radical (unpaired) electrons. The van der Waals surface area contributed by atoms with Gasteiger partial charge >= 0.3 is 0 Å². The third-order valence-corrected chi connectivity index (χ3v) is 6.37. The van der Waals surface area contributed by atoms with E-state index in [1.165, 1.54) is 16.7 Å². The minimum atomic E-state index is 0.217. The molecule has 2 aliphatic heterocycles. The molecule has 1 fully saturated rings. The van der Waals surface area contributed by atoms with Crippen molar-refractivity contribution in [3.05, 3.63) is 101 Å². The molecule has 3 aromatic rings. The highest BCUT2D eigenvalue weighted by atomic mass is 16.5. The predicted molar refractivity (Wildman–Crippen MR) is 122 cm³/mol. The number of hydrogen-bond acceptors (Lipinski definition) is 3. The zero-order valence-electron chi connectivity index (χ0n) is 17.7. The summed E-state index contributed by atoms with van der Waals surface area (Å²) < 4.78 is 5.58. The van der Waals surface area contributed by atoms with E-state index in [0.29, 0.717) is 6.42 Å². The summed E-state index contributed by atoms with van der Waals surface area (Å²) in [5, 5.41) is 0. The van der Waals surface area contributed by atoms with Gasteiger partial charge in [-0.15, -0.1) is 0 Å². The second-order valence-electron chi connectivity index (χ2n) is 8.36. The Hall–Kier alpha value is -3.11. The van der Waals surface area contributed by atoms with E-state index in [1.54, 1.807) is 0 Å². The van der Waals surface area contributed by atoms with Crippen molar-refractivity contribution in [3.63, 3.8) is 0 Å². The summed E-state index contributed by atoms with van der Waals surface area (Å²) in [7, 11) is 0. The summed E-state index contributed by atoms with van der Waals surface area (Å²) in [6.07, 6.45) is 1.41. The number of hydrogen-bond donors (Lipinski definition) is 0. The molecule has 2 aliphatic rings. The Balaban J connectivity index is 1.26. The normalized spacial score (nSPS) is 16.2. The van der Waals surface area contributed by atoms with E-state index in [0.717, 1.165) is 50.5 Å². The van der Waals surface area contributed by atoms with Crippen molar-refractivity contribution in [3.8, 4) is 5.75 Å². The average molecular weight is 413 g/mol. The molecule has 0 aromatic heterocycles. The summed E-state index contributed by atoms with van der Waals surface area (Å²) in [5.41, 5.74) is 4.91. The monoisotopic (exact) mass is 412 g/mol. The van der Waals surface area contributed by atoms with Gasteiger partial charge in [-0.3, -0.25) is 9.69 Å². The van der Waals surface area contributed by atoms with Crippen LogP contribution < -0.4 is 4.74 Å². The first-order chi connectivity index (χ1) is 15.3. The van der Waals surface area contributed by atoms with Crippen molar-refractivity contribution >= 4 is 5.91 Å². The lowest BCUT2D eigenvalue weighted by molar-refractivity contribution is -0.132. The molecule has 3 aromatic carbocycles. The molecular weight excluding hydrogens is 384 g/mol. The Morgan fingerprint density at radius 3 is 2.13 bits per heavy atom. The summed E-state index contributed by atoms with van der Waals surface area (Å²) in [6.45, 7) is 4.03. The number of fused-ring (bicyclic) bond motifs is 1. The summed E-state index contributed by atoms with van der Waals surface area (Å²) in [4.78, 5) is 17.5. The SMILES string of the molecule is O=C(Cc1ccc2c(c1)CCO2)N1CCN(C(c2ccccc2)c2ccccc2)CC1. The standard InChI is InChI=1S/C27H28N2O2/c30-26(20-21-11-12-25-24(19-21)13-18-31-25)28-14-16-29(17-15-28)27(22-7-3-1-4-8-22)23-9-5-2-6-10-23/h1-12,19,27H,13-18,20H2. The van der Waals surface area contributed by atoms with E-state index in [2.05, 4.69) is 71.6 Å². The van der Waals surface area contributed by atoms with Gasteiger partial charge in [0.2, 0.25) is 5.91 Å². The molecule has 0 spiro atoms. The quantitative estimate of drug-likeness (QED) is 0.633. The molecule has 4 heteroatoms. The second-order valence-corrected chi connectivity index (χ2v) is 8.36. The molecule has 158 valence electrons. The molecule has 1 saturated heterocycles. The lowest BCUT2D eigenvalue weighted by Gasteiger charge is -2.40. The van der Waals surface area contributed by atoms with Crippen LogP contribution in [0, 0.1) is 0 Å². The Morgan fingerprint density at radius 2 is 1.48 bits per heavy atom. The molecule has 0 bridgehead atoms. The Bertz CT molecular complexity index is 988. The molecule has 0 atom stereocenters. The lowest BCUT2D eigenvalue weighted by Crippen LogP contribution is -2.50. The van der Waals surface area contributed by atoms with Gasteiger partial charge in [-0.05, 0) is 28.3 Å². The first kappa shape index (κ1) is 19.8. The van der Waals surface area contributed by atoms with Crippen LogP contribution in [0.2, 0.25) is 0 Å². The fourth-order valence-electron chi connectivity index (χ4n) is 4.75. The van der Waals surface area contributed by atoms with Gasteiger partial charge in [0, 0.05) is 32.6 Å². The molecular formula is C27H28N2O2. The van der Waals surface area contributed by atoms with Crippen LogP contribution in [0.4, 0.5) is 0 Å². The van der Waals surface area contributed by atoms with Gasteiger partial charge in [0.05, 0.1) is 19.1 Å². The van der Waals surface area contributed by atoms with Crippen LogP contribution >= 0.6 is 0 Å². The second kappa shape index (κ2) is 8.94. The van der Waals surface area contributed by atoms with Gasteiger partial charge in [-0.1, -0.05) is 72.8 Å². The first-order valence-electron chi connectivity index (χ1n) is 11.1. The zero-order chi connectivity index (χ0) is 21.0. The Labute approximate surface area is 184 Å². The highest BCUT2D eigenvalue weighted by molar-refractivity contribution is 5.79. The van der Waals surface area contributed by atoms with Gasteiger partial charge in [-0.2, -0.15) is 0 Å². The number of carbonyl (C=O) groups excluding carboxylic acids is 1. The summed E-state index contributed by atoms with van der Waals surface area (Å²) in [6, 6.07) is 27.7. The molecule has 0 unspecified atom stereocenters. The van der Waals surface area contributed by atoms with E-state index in [-0.39, 0.29) is 11.9 Å². The third-order valence-electron chi connectivity index (χ3n) is 6.37. The minimum Gasteiger partial charge on any atom is -0.493 e. The summed E-state index contributed by atoms with van der Waals surface area (Å²) in [5.74, 6) is 1.19. The van der Waals surface area contributed by atoms with Gasteiger partial charge in [0.25, 0.3) is 0 Å². The van der Waals surface area contributed by atoms with Crippen molar-refractivity contribution in [2.75, 3.05) is 32.8 Å². The van der Waals surface area contributed by atoms with Crippen molar-refractivity contribution in [2.45, 2.75) is 18.9 Å². The molecule has 0 aliphatic carbocycles. The number of piperazine rings is 1. The molecule has 31 heavy (non-hydrogen) atoms. The van der Waals surface area contributed by atoms with E-state index >= 15 is 0 Å². The fraction of sp³-hybridized carbons (Fsp3) is 0.296.